The summed E-state index contributed by atoms with van der Waals surface area (Å²) in [4.78, 5) is 12.8. The molecule has 3 aromatic heterocycles. The number of nitrogens with one attached hydrogen (secondary N) is 1. The van der Waals surface area contributed by atoms with E-state index in [1.54, 1.807) is 49.3 Å². The number of ether oxygens (including phenoxy) is 2. The second kappa shape index (κ2) is 9.12. The average Bonchev–Trinajstić information content (AvgIpc) is 3.46. The van der Waals surface area contributed by atoms with Gasteiger partial charge >= 0.3 is 0 Å². The van der Waals surface area contributed by atoms with Crippen molar-refractivity contribution in [3.8, 4) is 11.5 Å². The van der Waals surface area contributed by atoms with E-state index < -0.39 is 26.9 Å². The van der Waals surface area contributed by atoms with Crippen LogP contribution in [0.15, 0.2) is 36.8 Å². The van der Waals surface area contributed by atoms with Gasteiger partial charge in [0.05, 0.1) is 12.1 Å². The summed E-state index contributed by atoms with van der Waals surface area (Å²) in [5, 5.41) is 7.43. The van der Waals surface area contributed by atoms with Gasteiger partial charge in [-0.05, 0) is 44.4 Å². The maximum atomic E-state index is 13.4. The minimum Gasteiger partial charge on any atom is -0.382 e. The number of sulfonamides is 1. The minimum atomic E-state index is -3.96. The first-order valence-electron chi connectivity index (χ1n) is 10.5. The third kappa shape index (κ3) is 4.59. The number of nitrogens with zero attached hydrogens (tertiary/aromatic N) is 6. The fraction of sp³-hybridized carbons (Fsp3) is 0.476. The lowest BCUT2D eigenvalue weighted by Gasteiger charge is -2.24. The molecule has 1 fully saturated rings. The van der Waals surface area contributed by atoms with Crippen molar-refractivity contribution in [2.75, 3.05) is 25.5 Å². The van der Waals surface area contributed by atoms with Crippen molar-refractivity contribution in [2.45, 2.75) is 43.6 Å². The van der Waals surface area contributed by atoms with Crippen LogP contribution in [0.5, 0.6) is 0 Å². The molecule has 2 atom stereocenters. The van der Waals surface area contributed by atoms with Crippen LogP contribution in [0.1, 0.15) is 37.3 Å². The zero-order valence-electron chi connectivity index (χ0n) is 19.0. The SMILES string of the molecule is COCC1(n2c(NS(=O)(=O)[C@@H](C)[C@H](OC)c3ncc(C)cn3)nnc2-c2ccccn2)CC1. The molecule has 12 heteroatoms. The number of methoxy groups -OCH3 is 2. The van der Waals surface area contributed by atoms with Crippen LogP contribution in [0.4, 0.5) is 5.95 Å². The Balaban J connectivity index is 1.69. The van der Waals surface area contributed by atoms with Crippen molar-refractivity contribution in [3.05, 3.63) is 48.2 Å². The topological polar surface area (TPSA) is 134 Å². The maximum absolute atomic E-state index is 13.4. The number of anilines is 1. The molecule has 1 N–H and O–H groups in total. The number of aryl methyl sites for hydroxylation is 1. The van der Waals surface area contributed by atoms with Gasteiger partial charge in [-0.15, -0.1) is 10.2 Å². The van der Waals surface area contributed by atoms with E-state index in [1.165, 1.54) is 7.11 Å². The van der Waals surface area contributed by atoms with E-state index in [1.807, 2.05) is 13.0 Å². The highest BCUT2D eigenvalue weighted by Gasteiger charge is 2.49. The molecule has 0 unspecified atom stereocenters. The van der Waals surface area contributed by atoms with Crippen LogP contribution in [0.3, 0.4) is 0 Å². The smallest absolute Gasteiger partial charge is 0.240 e. The Bertz CT molecular complexity index is 1200. The van der Waals surface area contributed by atoms with E-state index in [0.29, 0.717) is 18.1 Å². The van der Waals surface area contributed by atoms with Crippen LogP contribution < -0.4 is 4.72 Å². The average molecular weight is 474 g/mol. The van der Waals surface area contributed by atoms with Gasteiger partial charge in [-0.2, -0.15) is 0 Å². The lowest BCUT2D eigenvalue weighted by molar-refractivity contribution is 0.0949. The highest BCUT2D eigenvalue weighted by molar-refractivity contribution is 7.93. The summed E-state index contributed by atoms with van der Waals surface area (Å²) < 4.78 is 42.0. The zero-order valence-corrected chi connectivity index (χ0v) is 19.8. The summed E-state index contributed by atoms with van der Waals surface area (Å²) in [5.41, 5.74) is 1.02. The van der Waals surface area contributed by atoms with Crippen molar-refractivity contribution < 1.29 is 17.9 Å². The van der Waals surface area contributed by atoms with Crippen molar-refractivity contribution in [3.63, 3.8) is 0 Å². The molecule has 0 aliphatic heterocycles. The molecule has 0 aromatic carbocycles. The summed E-state index contributed by atoms with van der Waals surface area (Å²) in [6.07, 6.45) is 5.64. The van der Waals surface area contributed by atoms with Crippen molar-refractivity contribution in [1.82, 2.24) is 29.7 Å². The summed E-state index contributed by atoms with van der Waals surface area (Å²) in [5.74, 6) is 0.868. The van der Waals surface area contributed by atoms with E-state index in [2.05, 4.69) is 29.9 Å². The Morgan fingerprint density at radius 2 is 1.88 bits per heavy atom. The first kappa shape index (κ1) is 23.2. The lowest BCUT2D eigenvalue weighted by Crippen LogP contribution is -2.35. The van der Waals surface area contributed by atoms with Crippen LogP contribution in [0, 0.1) is 6.92 Å². The molecule has 4 rings (SSSR count). The molecule has 0 saturated heterocycles. The predicted molar refractivity (Wildman–Crippen MR) is 121 cm³/mol. The molecule has 0 spiro atoms. The molecule has 3 heterocycles. The standard InChI is InChI=1S/C21H27N7O4S/c1-14-11-23-18(24-12-14)17(32-4)15(2)33(29,30)27-20-26-25-19(16-7-5-6-10-22-16)28(20)21(8-9-21)13-31-3/h5-7,10-12,15,17H,8-9,13H2,1-4H3,(H,26,27)/t15-,17-/m0/s1. The number of aromatic nitrogens is 6. The fourth-order valence-electron chi connectivity index (χ4n) is 3.75. The molecule has 1 aliphatic rings. The molecule has 0 radical (unpaired) electrons. The van der Waals surface area contributed by atoms with Crippen LogP contribution in [0.2, 0.25) is 0 Å². The van der Waals surface area contributed by atoms with E-state index in [-0.39, 0.29) is 11.8 Å². The molecular formula is C21H27N7O4S. The molecule has 33 heavy (non-hydrogen) atoms. The van der Waals surface area contributed by atoms with Crippen LogP contribution in [-0.4, -0.2) is 64.2 Å². The van der Waals surface area contributed by atoms with Crippen molar-refractivity contribution in [1.29, 1.82) is 0 Å². The molecular weight excluding hydrogens is 446 g/mol. The highest BCUT2D eigenvalue weighted by Crippen LogP contribution is 2.47. The molecule has 0 amide bonds. The van der Waals surface area contributed by atoms with Crippen LogP contribution in [0.25, 0.3) is 11.5 Å². The number of hydrogen-bond donors (Lipinski definition) is 1. The monoisotopic (exact) mass is 473 g/mol. The second-order valence-corrected chi connectivity index (χ2v) is 10.2. The number of hydrogen-bond acceptors (Lipinski definition) is 9. The van der Waals surface area contributed by atoms with E-state index in [4.69, 9.17) is 9.47 Å². The van der Waals surface area contributed by atoms with Gasteiger partial charge in [0, 0.05) is 32.8 Å². The Morgan fingerprint density at radius 3 is 2.45 bits per heavy atom. The van der Waals surface area contributed by atoms with Gasteiger partial charge in [-0.25, -0.2) is 18.4 Å². The second-order valence-electron chi connectivity index (χ2n) is 8.18. The first-order chi connectivity index (χ1) is 15.8. The van der Waals surface area contributed by atoms with Gasteiger partial charge in [0.15, 0.2) is 11.6 Å². The van der Waals surface area contributed by atoms with Gasteiger partial charge in [0.1, 0.15) is 17.0 Å². The van der Waals surface area contributed by atoms with Gasteiger partial charge < -0.3 is 9.47 Å². The van der Waals surface area contributed by atoms with Crippen molar-refractivity contribution >= 4 is 16.0 Å². The Kier molecular flexibility index (Phi) is 6.41. The number of pyridine rings is 1. The Morgan fingerprint density at radius 1 is 1.15 bits per heavy atom. The minimum absolute atomic E-state index is 0.108. The van der Waals surface area contributed by atoms with E-state index in [0.717, 1.165) is 18.4 Å². The molecule has 1 saturated carbocycles. The Hall–Kier alpha value is -2.96. The molecule has 0 bridgehead atoms. The predicted octanol–water partition coefficient (Wildman–Crippen LogP) is 2.09. The quantitative estimate of drug-likeness (QED) is 0.470. The first-order valence-corrected chi connectivity index (χ1v) is 12.0. The number of rotatable bonds is 10. The largest absolute Gasteiger partial charge is 0.382 e. The Labute approximate surface area is 192 Å². The van der Waals surface area contributed by atoms with Gasteiger partial charge in [-0.3, -0.25) is 14.3 Å². The fourth-order valence-corrected chi connectivity index (χ4v) is 4.88. The maximum Gasteiger partial charge on any atom is 0.240 e. The summed E-state index contributed by atoms with van der Waals surface area (Å²) in [7, 11) is -0.919. The van der Waals surface area contributed by atoms with E-state index in [9.17, 15) is 8.42 Å². The van der Waals surface area contributed by atoms with Gasteiger partial charge in [0.25, 0.3) is 0 Å². The third-order valence-electron chi connectivity index (χ3n) is 5.73. The lowest BCUT2D eigenvalue weighted by atomic mass is 10.2. The molecule has 11 nitrogen and oxygen atoms in total. The zero-order chi connectivity index (χ0) is 23.6. The summed E-state index contributed by atoms with van der Waals surface area (Å²) in [6, 6.07) is 5.45. The third-order valence-corrected chi connectivity index (χ3v) is 7.42. The summed E-state index contributed by atoms with van der Waals surface area (Å²) in [6.45, 7) is 3.79. The molecule has 176 valence electrons. The molecule has 1 aliphatic carbocycles. The van der Waals surface area contributed by atoms with Crippen molar-refractivity contribution in [2.24, 2.45) is 0 Å². The van der Waals surface area contributed by atoms with Crippen LogP contribution >= 0.6 is 0 Å². The normalized spacial score (nSPS) is 16.8. The summed E-state index contributed by atoms with van der Waals surface area (Å²) >= 11 is 0. The van der Waals surface area contributed by atoms with E-state index >= 15 is 0 Å². The van der Waals surface area contributed by atoms with Gasteiger partial charge in [0.2, 0.25) is 16.0 Å². The highest BCUT2D eigenvalue weighted by atomic mass is 32.2. The molecule has 3 aromatic rings. The van der Waals surface area contributed by atoms with Crippen LogP contribution in [-0.2, 0) is 25.0 Å². The van der Waals surface area contributed by atoms with Gasteiger partial charge in [-0.1, -0.05) is 6.07 Å².